The third-order valence-electron chi connectivity index (χ3n) is 4.55. The minimum Gasteiger partial charge on any atom is -0.491 e. The molecule has 1 aromatic heterocycles. The van der Waals surface area contributed by atoms with Gasteiger partial charge >= 0.3 is 0 Å². The molecule has 1 aliphatic heterocycles. The second-order valence-electron chi connectivity index (χ2n) is 6.91. The van der Waals surface area contributed by atoms with Crippen molar-refractivity contribution in [3.05, 3.63) is 93.0 Å². The summed E-state index contributed by atoms with van der Waals surface area (Å²) in [6.07, 6.45) is 5.28. The highest BCUT2D eigenvalue weighted by atomic mass is 79.9. The van der Waals surface area contributed by atoms with E-state index in [1.54, 1.807) is 12.5 Å². The molecule has 0 spiro atoms. The van der Waals surface area contributed by atoms with Crippen molar-refractivity contribution >= 4 is 15.9 Å². The molecule has 1 saturated heterocycles. The molecular weight excluding hydrogens is 470 g/mol. The van der Waals surface area contributed by atoms with E-state index in [1.807, 2.05) is 35.0 Å². The second-order valence-corrected chi connectivity index (χ2v) is 7.82. The highest BCUT2D eigenvalue weighted by Gasteiger charge is 2.44. The molecule has 10 heteroatoms. The second kappa shape index (κ2) is 10.4. The first kappa shape index (κ1) is 22.7. The predicted octanol–water partition coefficient (Wildman–Crippen LogP) is 3.95. The lowest BCUT2D eigenvalue weighted by molar-refractivity contribution is -0.742. The fraction of sp³-hybridized carbons (Fsp3) is 0.286. The van der Waals surface area contributed by atoms with Crippen molar-refractivity contribution in [3.63, 3.8) is 0 Å². The third kappa shape index (κ3) is 6.51. The number of hydrogen-bond donors (Lipinski definition) is 1. The lowest BCUT2D eigenvalue weighted by atomic mass is 10.0. The van der Waals surface area contributed by atoms with Crippen molar-refractivity contribution in [1.29, 1.82) is 0 Å². The van der Waals surface area contributed by atoms with Crippen molar-refractivity contribution in [2.45, 2.75) is 25.4 Å². The minimum atomic E-state index is -1.50. The molecule has 1 fully saturated rings. The Balaban J connectivity index is 0.000000628. The largest absolute Gasteiger partial charge is 0.491 e. The van der Waals surface area contributed by atoms with Crippen LogP contribution in [0.5, 0.6) is 5.75 Å². The van der Waals surface area contributed by atoms with E-state index in [2.05, 4.69) is 52.1 Å². The topological polar surface area (TPSA) is 109 Å². The molecular formula is C21H22BrN3O6. The van der Waals surface area contributed by atoms with Crippen LogP contribution in [0.15, 0.2) is 71.7 Å². The third-order valence-corrected chi connectivity index (χ3v) is 5.08. The van der Waals surface area contributed by atoms with Gasteiger partial charge in [0.05, 0.1) is 19.5 Å². The van der Waals surface area contributed by atoms with Crippen LogP contribution < -0.4 is 4.74 Å². The molecule has 0 saturated carbocycles. The summed E-state index contributed by atoms with van der Waals surface area (Å²) in [5.41, 5.74) is 2.19. The van der Waals surface area contributed by atoms with E-state index in [-0.39, 0.29) is 6.10 Å². The van der Waals surface area contributed by atoms with E-state index in [4.69, 9.17) is 29.5 Å². The van der Waals surface area contributed by atoms with E-state index in [1.165, 1.54) is 5.56 Å². The van der Waals surface area contributed by atoms with Gasteiger partial charge in [-0.2, -0.15) is 0 Å². The highest BCUT2D eigenvalue weighted by molar-refractivity contribution is 9.10. The van der Waals surface area contributed by atoms with Crippen LogP contribution in [0.4, 0.5) is 0 Å². The quantitative estimate of drug-likeness (QED) is 0.410. The van der Waals surface area contributed by atoms with E-state index in [9.17, 15) is 0 Å². The number of benzene rings is 2. The van der Waals surface area contributed by atoms with Crippen LogP contribution in [0, 0.1) is 17.0 Å². The molecule has 9 nitrogen and oxygen atoms in total. The molecule has 1 N–H and O–H groups in total. The molecule has 2 heterocycles. The smallest absolute Gasteiger partial charge is 0.291 e. The number of halogens is 1. The fourth-order valence-electron chi connectivity index (χ4n) is 3.12. The number of rotatable bonds is 6. The standard InChI is InChI=1S/C21H21BrN2O3.HNO3/c1-16-2-4-17(5-3-16)21(14-24-11-10-23-15-24)26-13-20(27-21)12-25-19-8-6-18(22)7-9-19;2-1(3)4/h2-11,15,20H,12-14H2,1H3;(H,2,3,4). The van der Waals surface area contributed by atoms with Crippen LogP contribution in [-0.4, -0.2) is 39.2 Å². The Morgan fingerprint density at radius 3 is 2.58 bits per heavy atom. The zero-order valence-electron chi connectivity index (χ0n) is 16.8. The Labute approximate surface area is 187 Å². The first-order valence-corrected chi connectivity index (χ1v) is 10.2. The normalized spacial score (nSPS) is 20.0. The molecule has 0 radical (unpaired) electrons. The van der Waals surface area contributed by atoms with Crippen molar-refractivity contribution in [2.24, 2.45) is 0 Å². The monoisotopic (exact) mass is 491 g/mol. The van der Waals surface area contributed by atoms with Crippen molar-refractivity contribution in [2.75, 3.05) is 13.2 Å². The van der Waals surface area contributed by atoms with Crippen LogP contribution in [0.25, 0.3) is 0 Å². The average Bonchev–Trinajstić information content (AvgIpc) is 3.39. The van der Waals surface area contributed by atoms with Crippen LogP contribution in [-0.2, 0) is 21.8 Å². The van der Waals surface area contributed by atoms with Crippen LogP contribution >= 0.6 is 15.9 Å². The summed E-state index contributed by atoms with van der Waals surface area (Å²) in [7, 11) is 0. The zero-order chi connectivity index (χ0) is 22.3. The predicted molar refractivity (Wildman–Crippen MR) is 114 cm³/mol. The molecule has 31 heavy (non-hydrogen) atoms. The van der Waals surface area contributed by atoms with Gasteiger partial charge in [0.15, 0.2) is 0 Å². The number of aromatic nitrogens is 2. The lowest BCUT2D eigenvalue weighted by Crippen LogP contribution is -2.34. The van der Waals surface area contributed by atoms with Gasteiger partial charge < -0.3 is 24.0 Å². The van der Waals surface area contributed by atoms with Gasteiger partial charge in [0.2, 0.25) is 5.79 Å². The summed E-state index contributed by atoms with van der Waals surface area (Å²) in [6, 6.07) is 16.0. The van der Waals surface area contributed by atoms with Gasteiger partial charge in [0.25, 0.3) is 5.09 Å². The number of imidazole rings is 1. The van der Waals surface area contributed by atoms with Gasteiger partial charge in [0, 0.05) is 22.4 Å². The van der Waals surface area contributed by atoms with Crippen LogP contribution in [0.1, 0.15) is 11.1 Å². The van der Waals surface area contributed by atoms with Gasteiger partial charge in [-0.1, -0.05) is 45.8 Å². The van der Waals surface area contributed by atoms with E-state index in [0.717, 1.165) is 15.8 Å². The molecule has 2 unspecified atom stereocenters. The molecule has 2 aromatic carbocycles. The number of ether oxygens (including phenoxy) is 3. The zero-order valence-corrected chi connectivity index (χ0v) is 18.3. The van der Waals surface area contributed by atoms with Gasteiger partial charge in [-0.05, 0) is 31.2 Å². The van der Waals surface area contributed by atoms with Crippen molar-refractivity contribution < 1.29 is 24.5 Å². The van der Waals surface area contributed by atoms with E-state index >= 15 is 0 Å². The number of nitrogens with zero attached hydrogens (tertiary/aromatic N) is 3. The molecule has 0 amide bonds. The first-order valence-electron chi connectivity index (χ1n) is 9.42. The summed E-state index contributed by atoms with van der Waals surface area (Å²) in [5.74, 6) is -0.0356. The summed E-state index contributed by atoms with van der Waals surface area (Å²) in [6.45, 7) is 3.50. The minimum absolute atomic E-state index is 0.154. The van der Waals surface area contributed by atoms with E-state index < -0.39 is 10.9 Å². The molecule has 3 aromatic rings. The molecule has 2 atom stereocenters. The van der Waals surface area contributed by atoms with Gasteiger partial charge in [0.1, 0.15) is 18.5 Å². The maximum atomic E-state index is 8.36. The average molecular weight is 492 g/mol. The van der Waals surface area contributed by atoms with Gasteiger partial charge in [-0.3, -0.25) is 0 Å². The Kier molecular flexibility index (Phi) is 7.61. The number of hydrogen-bond acceptors (Lipinski definition) is 6. The van der Waals surface area contributed by atoms with Crippen LogP contribution in [0.2, 0.25) is 0 Å². The first-order chi connectivity index (χ1) is 14.9. The highest BCUT2D eigenvalue weighted by Crippen LogP contribution is 2.36. The molecule has 4 rings (SSSR count). The fourth-order valence-corrected chi connectivity index (χ4v) is 3.38. The maximum Gasteiger partial charge on any atom is 0.291 e. The SMILES string of the molecule is Cc1ccc(C2(Cn3ccnc3)OCC(COc3ccc(Br)cc3)O2)cc1.O=[N+]([O-])O. The van der Waals surface area contributed by atoms with Crippen molar-refractivity contribution in [3.8, 4) is 5.75 Å². The summed E-state index contributed by atoms with van der Waals surface area (Å²) < 4.78 is 21.5. The van der Waals surface area contributed by atoms with Gasteiger partial charge in [-0.15, -0.1) is 10.1 Å². The summed E-state index contributed by atoms with van der Waals surface area (Å²) >= 11 is 3.43. The lowest BCUT2D eigenvalue weighted by Gasteiger charge is -2.29. The molecule has 0 bridgehead atoms. The molecule has 0 aliphatic carbocycles. The number of aryl methyl sites for hydroxylation is 1. The maximum absolute atomic E-state index is 8.36. The summed E-state index contributed by atoms with van der Waals surface area (Å²) in [4.78, 5) is 12.5. The Morgan fingerprint density at radius 1 is 1.29 bits per heavy atom. The molecule has 1 aliphatic rings. The van der Waals surface area contributed by atoms with Gasteiger partial charge in [-0.25, -0.2) is 4.98 Å². The molecule has 164 valence electrons. The van der Waals surface area contributed by atoms with Crippen molar-refractivity contribution in [1.82, 2.24) is 9.55 Å². The Hall–Kier alpha value is -2.95. The van der Waals surface area contributed by atoms with Crippen LogP contribution in [0.3, 0.4) is 0 Å². The van der Waals surface area contributed by atoms with E-state index in [0.29, 0.717) is 19.8 Å². The Bertz CT molecular complexity index is 962. The summed E-state index contributed by atoms with van der Waals surface area (Å²) in [5, 5.41) is 13.6. The Morgan fingerprint density at radius 2 is 1.97 bits per heavy atom.